The van der Waals surface area contributed by atoms with Gasteiger partial charge >= 0.3 is 11.9 Å². The summed E-state index contributed by atoms with van der Waals surface area (Å²) in [6, 6.07) is 11.1. The Labute approximate surface area is 230 Å². The fourth-order valence-electron chi connectivity index (χ4n) is 3.63. The molecule has 3 rings (SSSR count). The zero-order chi connectivity index (χ0) is 28.4. The lowest BCUT2D eigenvalue weighted by molar-refractivity contribution is -0.140. The van der Waals surface area contributed by atoms with E-state index in [2.05, 4.69) is 21.2 Å². The second-order valence-electron chi connectivity index (χ2n) is 8.00. The van der Waals surface area contributed by atoms with Crippen molar-refractivity contribution < 1.29 is 38.4 Å². The molecule has 0 bridgehead atoms. The summed E-state index contributed by atoms with van der Waals surface area (Å²) in [5.41, 5.74) is 4.45. The third kappa shape index (κ3) is 7.92. The average molecular weight is 557 g/mol. The molecule has 1 atom stereocenters. The molecule has 1 heterocycles. The Balaban J connectivity index is 1.66. The number of hydrogen-bond acceptors (Lipinski definition) is 9. The number of hydrogen-bond donors (Lipinski definition) is 4. The first-order valence-electron chi connectivity index (χ1n) is 11.7. The predicted octanol–water partition coefficient (Wildman–Crippen LogP) is 2.04. The number of carbonyl (C=O) groups is 3. The molecule has 39 heavy (non-hydrogen) atoms. The smallest absolute Gasteiger partial charge is 0.341 e. The highest BCUT2D eigenvalue weighted by atomic mass is 32.1. The molecule has 0 saturated heterocycles. The number of para-hydroxylation sites is 1. The van der Waals surface area contributed by atoms with Crippen LogP contribution in [0.15, 0.2) is 58.8 Å². The summed E-state index contributed by atoms with van der Waals surface area (Å²) in [4.78, 5) is 35.8. The number of carboxylic acid groups (broad SMARTS) is 1. The van der Waals surface area contributed by atoms with Crippen LogP contribution in [0.25, 0.3) is 0 Å². The SMILES string of the molecule is CCOC(=O)C1=C(C)NC(=S)N[C@@H]1c1ccccc1OCC(=O)NN=Cc1ccc(OCC(=O)O)c(OC)c1. The summed E-state index contributed by atoms with van der Waals surface area (Å²) >= 11 is 5.28. The molecular weight excluding hydrogens is 528 g/mol. The van der Waals surface area contributed by atoms with Crippen LogP contribution in [0.1, 0.15) is 31.0 Å². The zero-order valence-electron chi connectivity index (χ0n) is 21.5. The van der Waals surface area contributed by atoms with Crippen molar-refractivity contribution in [3.8, 4) is 17.2 Å². The minimum Gasteiger partial charge on any atom is -0.493 e. The van der Waals surface area contributed by atoms with Crippen molar-refractivity contribution in [2.45, 2.75) is 19.9 Å². The maximum Gasteiger partial charge on any atom is 0.341 e. The van der Waals surface area contributed by atoms with E-state index in [-0.39, 0.29) is 19.0 Å². The van der Waals surface area contributed by atoms with Crippen molar-refractivity contribution in [1.29, 1.82) is 0 Å². The Kier molecular flexibility index (Phi) is 10.2. The Morgan fingerprint density at radius 1 is 1.10 bits per heavy atom. The molecule has 0 radical (unpaired) electrons. The molecule has 1 aliphatic rings. The fourth-order valence-corrected chi connectivity index (χ4v) is 3.91. The van der Waals surface area contributed by atoms with Gasteiger partial charge in [0, 0.05) is 11.3 Å². The molecule has 0 unspecified atom stereocenters. The van der Waals surface area contributed by atoms with E-state index in [1.807, 2.05) is 0 Å². The van der Waals surface area contributed by atoms with Crippen LogP contribution in [0.4, 0.5) is 0 Å². The van der Waals surface area contributed by atoms with Crippen LogP contribution in [-0.2, 0) is 19.1 Å². The number of allylic oxidation sites excluding steroid dienone is 1. The number of amides is 1. The molecule has 0 aromatic heterocycles. The number of rotatable bonds is 12. The average Bonchev–Trinajstić information content (AvgIpc) is 2.90. The first-order chi connectivity index (χ1) is 18.7. The Morgan fingerprint density at radius 2 is 1.85 bits per heavy atom. The number of carboxylic acids is 1. The van der Waals surface area contributed by atoms with Gasteiger partial charge in [-0.1, -0.05) is 18.2 Å². The van der Waals surface area contributed by atoms with Gasteiger partial charge in [0.1, 0.15) is 5.75 Å². The van der Waals surface area contributed by atoms with E-state index >= 15 is 0 Å². The molecule has 206 valence electrons. The standard InChI is InChI=1S/C26H28N4O8S/c1-4-36-25(34)23-15(2)28-26(39)29-24(23)17-7-5-6-8-18(17)37-13-21(31)30-27-12-16-9-10-19(20(11-16)35-3)38-14-22(32)33/h5-12,24H,4,13-14H2,1-3H3,(H,30,31)(H,32,33)(H2,28,29,39)/t24-/m1/s1. The van der Waals surface area contributed by atoms with Gasteiger partial charge in [-0.25, -0.2) is 15.0 Å². The third-order valence-electron chi connectivity index (χ3n) is 5.29. The van der Waals surface area contributed by atoms with E-state index in [0.717, 1.165) is 0 Å². The highest BCUT2D eigenvalue weighted by Gasteiger charge is 2.32. The predicted molar refractivity (Wildman–Crippen MR) is 145 cm³/mol. The van der Waals surface area contributed by atoms with Gasteiger partial charge in [-0.3, -0.25) is 4.79 Å². The van der Waals surface area contributed by atoms with Crippen LogP contribution < -0.4 is 30.3 Å². The lowest BCUT2D eigenvalue weighted by atomic mass is 9.95. The molecule has 12 nitrogen and oxygen atoms in total. The van der Waals surface area contributed by atoms with Crippen LogP contribution in [0.2, 0.25) is 0 Å². The first kappa shape index (κ1) is 28.9. The van der Waals surface area contributed by atoms with E-state index in [0.29, 0.717) is 39.0 Å². The van der Waals surface area contributed by atoms with Crippen molar-refractivity contribution in [3.63, 3.8) is 0 Å². The molecule has 1 aliphatic heterocycles. The number of methoxy groups -OCH3 is 1. The monoisotopic (exact) mass is 556 g/mol. The van der Waals surface area contributed by atoms with Crippen LogP contribution >= 0.6 is 12.2 Å². The first-order valence-corrected chi connectivity index (χ1v) is 12.2. The largest absolute Gasteiger partial charge is 0.493 e. The van der Waals surface area contributed by atoms with E-state index in [4.69, 9.17) is 36.3 Å². The molecule has 13 heteroatoms. The van der Waals surface area contributed by atoms with Gasteiger partial charge in [0.15, 0.2) is 29.8 Å². The summed E-state index contributed by atoms with van der Waals surface area (Å²) in [5, 5.41) is 19.0. The molecule has 0 spiro atoms. The maximum atomic E-state index is 12.7. The highest BCUT2D eigenvalue weighted by Crippen LogP contribution is 2.33. The van der Waals surface area contributed by atoms with Crippen molar-refractivity contribution in [2.75, 3.05) is 26.9 Å². The van der Waals surface area contributed by atoms with E-state index in [1.165, 1.54) is 19.4 Å². The minimum atomic E-state index is -1.11. The normalized spacial score (nSPS) is 14.7. The summed E-state index contributed by atoms with van der Waals surface area (Å²) < 4.78 is 21.4. The van der Waals surface area contributed by atoms with Crippen molar-refractivity contribution in [1.82, 2.24) is 16.1 Å². The molecule has 0 saturated carbocycles. The van der Waals surface area contributed by atoms with E-state index in [1.54, 1.807) is 50.2 Å². The quantitative estimate of drug-likeness (QED) is 0.131. The van der Waals surface area contributed by atoms with Crippen LogP contribution in [0.5, 0.6) is 17.2 Å². The van der Waals surface area contributed by atoms with Crippen molar-refractivity contribution in [2.24, 2.45) is 5.10 Å². The van der Waals surface area contributed by atoms with Crippen LogP contribution in [0, 0.1) is 0 Å². The number of esters is 1. The van der Waals surface area contributed by atoms with Crippen molar-refractivity contribution >= 4 is 41.4 Å². The van der Waals surface area contributed by atoms with Gasteiger partial charge in [0.2, 0.25) is 0 Å². The van der Waals surface area contributed by atoms with Crippen LogP contribution in [-0.4, -0.2) is 61.2 Å². The topological polar surface area (TPSA) is 157 Å². The van der Waals surface area contributed by atoms with Crippen molar-refractivity contribution in [3.05, 3.63) is 64.9 Å². The zero-order valence-corrected chi connectivity index (χ0v) is 22.3. The number of nitrogens with one attached hydrogen (secondary N) is 3. The number of aliphatic carboxylic acids is 1. The Hall–Kier alpha value is -4.65. The van der Waals surface area contributed by atoms with Gasteiger partial charge in [-0.15, -0.1) is 0 Å². The summed E-state index contributed by atoms with van der Waals surface area (Å²) in [6.45, 7) is 2.79. The van der Waals surface area contributed by atoms with Gasteiger partial charge in [-0.05, 0) is 55.9 Å². The van der Waals surface area contributed by atoms with Crippen LogP contribution in [0.3, 0.4) is 0 Å². The summed E-state index contributed by atoms with van der Waals surface area (Å²) in [7, 11) is 1.42. The minimum absolute atomic E-state index is 0.209. The molecule has 2 aromatic carbocycles. The fraction of sp³-hybridized carbons (Fsp3) is 0.269. The second kappa shape index (κ2) is 13.8. The van der Waals surface area contributed by atoms with E-state index in [9.17, 15) is 14.4 Å². The molecule has 0 aliphatic carbocycles. The Morgan fingerprint density at radius 3 is 2.56 bits per heavy atom. The number of nitrogens with zero attached hydrogens (tertiary/aromatic N) is 1. The van der Waals surface area contributed by atoms with Gasteiger partial charge < -0.3 is 34.7 Å². The number of benzene rings is 2. The lowest BCUT2D eigenvalue weighted by Crippen LogP contribution is -2.45. The molecule has 0 fully saturated rings. The number of hydrazone groups is 1. The van der Waals surface area contributed by atoms with E-state index < -0.39 is 30.5 Å². The molecule has 4 N–H and O–H groups in total. The molecule has 2 aromatic rings. The van der Waals surface area contributed by atoms with Gasteiger partial charge in [0.05, 0.1) is 31.5 Å². The number of thiocarbonyl (C=S) groups is 1. The highest BCUT2D eigenvalue weighted by molar-refractivity contribution is 7.80. The maximum absolute atomic E-state index is 12.7. The third-order valence-corrected chi connectivity index (χ3v) is 5.51. The summed E-state index contributed by atoms with van der Waals surface area (Å²) in [6.07, 6.45) is 1.38. The second-order valence-corrected chi connectivity index (χ2v) is 8.41. The Bertz CT molecular complexity index is 1310. The number of carbonyl (C=O) groups excluding carboxylic acids is 2. The lowest BCUT2D eigenvalue weighted by Gasteiger charge is -2.30. The number of ether oxygens (including phenoxy) is 4. The van der Waals surface area contributed by atoms with Gasteiger partial charge in [-0.2, -0.15) is 5.10 Å². The summed E-state index contributed by atoms with van der Waals surface area (Å²) in [5.74, 6) is -1.20. The molecule has 1 amide bonds. The van der Waals surface area contributed by atoms with Gasteiger partial charge in [0.25, 0.3) is 5.91 Å². The molecular formula is C26H28N4O8S.